The normalized spacial score (nSPS) is 26.3. The SMILES string of the molecule is CCNC1CCN(CCCC2CC2)C1=O. The molecule has 1 unspecified atom stereocenters. The smallest absolute Gasteiger partial charge is 0.239 e. The van der Waals surface area contributed by atoms with Crippen LogP contribution in [-0.4, -0.2) is 36.5 Å². The number of hydrogen-bond donors (Lipinski definition) is 1. The summed E-state index contributed by atoms with van der Waals surface area (Å²) in [5, 5.41) is 3.24. The van der Waals surface area contributed by atoms with Crippen molar-refractivity contribution in [3.8, 4) is 0 Å². The Kier molecular flexibility index (Phi) is 3.62. The van der Waals surface area contributed by atoms with E-state index < -0.39 is 0 Å². The summed E-state index contributed by atoms with van der Waals surface area (Å²) in [6.07, 6.45) is 6.38. The van der Waals surface area contributed by atoms with Crippen molar-refractivity contribution in [2.45, 2.75) is 45.1 Å². The Bertz CT molecular complexity index is 226. The Labute approximate surface area is 92.2 Å². The first-order chi connectivity index (χ1) is 7.31. The Hall–Kier alpha value is -0.570. The molecule has 0 spiro atoms. The number of amides is 1. The van der Waals surface area contributed by atoms with E-state index >= 15 is 0 Å². The first kappa shape index (κ1) is 10.9. The van der Waals surface area contributed by atoms with Crippen molar-refractivity contribution in [2.24, 2.45) is 5.92 Å². The summed E-state index contributed by atoms with van der Waals surface area (Å²) < 4.78 is 0. The molecule has 2 aliphatic rings. The van der Waals surface area contributed by atoms with Crippen LogP contribution in [-0.2, 0) is 4.79 Å². The van der Waals surface area contributed by atoms with E-state index in [0.717, 1.165) is 32.0 Å². The number of nitrogens with one attached hydrogen (secondary N) is 1. The van der Waals surface area contributed by atoms with Crippen LogP contribution >= 0.6 is 0 Å². The summed E-state index contributed by atoms with van der Waals surface area (Å²) in [7, 11) is 0. The highest BCUT2D eigenvalue weighted by atomic mass is 16.2. The monoisotopic (exact) mass is 210 g/mol. The van der Waals surface area contributed by atoms with E-state index in [2.05, 4.69) is 12.2 Å². The molecule has 86 valence electrons. The van der Waals surface area contributed by atoms with Gasteiger partial charge in [0.05, 0.1) is 6.04 Å². The van der Waals surface area contributed by atoms with Gasteiger partial charge in [-0.05, 0) is 31.7 Å². The second-order valence-electron chi connectivity index (χ2n) is 4.81. The number of rotatable bonds is 6. The molecule has 1 amide bonds. The largest absolute Gasteiger partial charge is 0.341 e. The van der Waals surface area contributed by atoms with E-state index in [1.807, 2.05) is 4.90 Å². The van der Waals surface area contributed by atoms with Crippen molar-refractivity contribution in [2.75, 3.05) is 19.6 Å². The molecule has 3 nitrogen and oxygen atoms in total. The maximum absolute atomic E-state index is 11.9. The van der Waals surface area contributed by atoms with Crippen molar-refractivity contribution < 1.29 is 4.79 Å². The van der Waals surface area contributed by atoms with Gasteiger partial charge in [-0.2, -0.15) is 0 Å². The van der Waals surface area contributed by atoms with Crippen molar-refractivity contribution in [3.05, 3.63) is 0 Å². The highest BCUT2D eigenvalue weighted by Crippen LogP contribution is 2.33. The predicted molar refractivity (Wildman–Crippen MR) is 60.6 cm³/mol. The number of carbonyl (C=O) groups is 1. The standard InChI is InChI=1S/C12H22N2O/c1-2-13-11-7-9-14(12(11)15)8-3-4-10-5-6-10/h10-11,13H,2-9H2,1H3. The molecule has 1 N–H and O–H groups in total. The topological polar surface area (TPSA) is 32.3 Å². The van der Waals surface area contributed by atoms with Gasteiger partial charge in [0.2, 0.25) is 5.91 Å². The van der Waals surface area contributed by atoms with Gasteiger partial charge in [-0.1, -0.05) is 19.8 Å². The molecule has 1 aliphatic carbocycles. The molecule has 1 saturated carbocycles. The molecule has 0 aromatic heterocycles. The first-order valence-electron chi connectivity index (χ1n) is 6.33. The minimum Gasteiger partial charge on any atom is -0.341 e. The maximum Gasteiger partial charge on any atom is 0.239 e. The summed E-state index contributed by atoms with van der Waals surface area (Å²) in [4.78, 5) is 13.9. The summed E-state index contributed by atoms with van der Waals surface area (Å²) >= 11 is 0. The molecule has 2 fully saturated rings. The zero-order chi connectivity index (χ0) is 10.7. The van der Waals surface area contributed by atoms with Crippen molar-refractivity contribution in [1.82, 2.24) is 10.2 Å². The van der Waals surface area contributed by atoms with E-state index in [0.29, 0.717) is 5.91 Å². The number of hydrogen-bond acceptors (Lipinski definition) is 2. The van der Waals surface area contributed by atoms with Gasteiger partial charge in [0.15, 0.2) is 0 Å². The molecule has 1 atom stereocenters. The average molecular weight is 210 g/mol. The van der Waals surface area contributed by atoms with Gasteiger partial charge in [0, 0.05) is 13.1 Å². The number of likely N-dealkylation sites (N-methyl/N-ethyl adjacent to an activating group) is 1. The van der Waals surface area contributed by atoms with E-state index in [4.69, 9.17) is 0 Å². The molecule has 2 rings (SSSR count). The predicted octanol–water partition coefficient (Wildman–Crippen LogP) is 1.39. The van der Waals surface area contributed by atoms with Gasteiger partial charge in [0.25, 0.3) is 0 Å². The quantitative estimate of drug-likeness (QED) is 0.718. The van der Waals surface area contributed by atoms with E-state index in [9.17, 15) is 4.79 Å². The van der Waals surface area contributed by atoms with Crippen molar-refractivity contribution >= 4 is 5.91 Å². The second kappa shape index (κ2) is 4.97. The van der Waals surface area contributed by atoms with E-state index in [1.54, 1.807) is 0 Å². The van der Waals surface area contributed by atoms with Gasteiger partial charge >= 0.3 is 0 Å². The lowest BCUT2D eigenvalue weighted by atomic mass is 10.2. The van der Waals surface area contributed by atoms with Crippen LogP contribution in [0, 0.1) is 5.92 Å². The van der Waals surface area contributed by atoms with Crippen LogP contribution in [0.2, 0.25) is 0 Å². The van der Waals surface area contributed by atoms with Crippen LogP contribution in [0.3, 0.4) is 0 Å². The summed E-state index contributed by atoms with van der Waals surface area (Å²) in [6, 6.07) is 0.107. The zero-order valence-electron chi connectivity index (χ0n) is 9.67. The molecule has 0 bridgehead atoms. The highest BCUT2D eigenvalue weighted by Gasteiger charge is 2.30. The van der Waals surface area contributed by atoms with E-state index in [1.165, 1.54) is 25.7 Å². The van der Waals surface area contributed by atoms with Crippen LogP contribution < -0.4 is 5.32 Å². The van der Waals surface area contributed by atoms with Crippen LogP contribution in [0.15, 0.2) is 0 Å². The van der Waals surface area contributed by atoms with Crippen molar-refractivity contribution in [3.63, 3.8) is 0 Å². The first-order valence-corrected chi connectivity index (χ1v) is 6.33. The second-order valence-corrected chi connectivity index (χ2v) is 4.81. The van der Waals surface area contributed by atoms with E-state index in [-0.39, 0.29) is 6.04 Å². The number of nitrogens with zero attached hydrogens (tertiary/aromatic N) is 1. The molecule has 0 radical (unpaired) electrons. The molecule has 3 heteroatoms. The fourth-order valence-corrected chi connectivity index (χ4v) is 2.37. The number of likely N-dealkylation sites (tertiary alicyclic amines) is 1. The third-order valence-corrected chi connectivity index (χ3v) is 3.49. The fraction of sp³-hybridized carbons (Fsp3) is 0.917. The lowest BCUT2D eigenvalue weighted by Crippen LogP contribution is -2.38. The molecule has 0 aromatic rings. The van der Waals surface area contributed by atoms with Crippen LogP contribution in [0.25, 0.3) is 0 Å². The average Bonchev–Trinajstić information content (AvgIpc) is 2.98. The van der Waals surface area contributed by atoms with Gasteiger partial charge in [-0.15, -0.1) is 0 Å². The lowest BCUT2D eigenvalue weighted by molar-refractivity contribution is -0.129. The van der Waals surface area contributed by atoms with Crippen LogP contribution in [0.4, 0.5) is 0 Å². The van der Waals surface area contributed by atoms with Gasteiger partial charge in [-0.3, -0.25) is 4.79 Å². The summed E-state index contributed by atoms with van der Waals surface area (Å²) in [5.41, 5.74) is 0. The molecule has 1 saturated heterocycles. The van der Waals surface area contributed by atoms with Gasteiger partial charge in [-0.25, -0.2) is 0 Å². The fourth-order valence-electron chi connectivity index (χ4n) is 2.37. The van der Waals surface area contributed by atoms with Gasteiger partial charge < -0.3 is 10.2 Å². The molecule has 1 aliphatic heterocycles. The minimum absolute atomic E-state index is 0.107. The van der Waals surface area contributed by atoms with Crippen LogP contribution in [0.1, 0.15) is 39.0 Å². The molecule has 1 heterocycles. The molecule has 15 heavy (non-hydrogen) atoms. The van der Waals surface area contributed by atoms with Crippen LogP contribution in [0.5, 0.6) is 0 Å². The lowest BCUT2D eigenvalue weighted by Gasteiger charge is -2.16. The Morgan fingerprint density at radius 1 is 1.40 bits per heavy atom. The molecular formula is C12H22N2O. The third-order valence-electron chi connectivity index (χ3n) is 3.49. The summed E-state index contributed by atoms with van der Waals surface area (Å²) in [6.45, 7) is 4.90. The maximum atomic E-state index is 11.9. The Balaban J connectivity index is 1.66. The number of carbonyl (C=O) groups excluding carboxylic acids is 1. The van der Waals surface area contributed by atoms with Crippen molar-refractivity contribution in [1.29, 1.82) is 0 Å². The highest BCUT2D eigenvalue weighted by molar-refractivity contribution is 5.83. The molecular weight excluding hydrogens is 188 g/mol. The van der Waals surface area contributed by atoms with Gasteiger partial charge in [0.1, 0.15) is 0 Å². The molecule has 0 aromatic carbocycles. The Morgan fingerprint density at radius 2 is 2.20 bits per heavy atom. The minimum atomic E-state index is 0.107. The summed E-state index contributed by atoms with van der Waals surface area (Å²) in [5.74, 6) is 1.32. The Morgan fingerprint density at radius 3 is 2.87 bits per heavy atom. The zero-order valence-corrected chi connectivity index (χ0v) is 9.67. The third kappa shape index (κ3) is 2.94.